The minimum Gasteiger partial charge on any atom is -0.259 e. The summed E-state index contributed by atoms with van der Waals surface area (Å²) in [6.07, 6.45) is -3.38. The summed E-state index contributed by atoms with van der Waals surface area (Å²) in [5.74, 6) is 0. The number of hydrogen-bond acceptors (Lipinski definition) is 2. The molecule has 0 spiro atoms. The normalized spacial score (nSPS) is 13.1. The summed E-state index contributed by atoms with van der Waals surface area (Å²) in [5.41, 5.74) is 0.782. The number of alkyl halides is 3. The zero-order valence-electron chi connectivity index (χ0n) is 7.14. The molecule has 6 heteroatoms. The van der Waals surface area contributed by atoms with Gasteiger partial charge in [0.05, 0.1) is 11.9 Å². The number of halogens is 4. The summed E-state index contributed by atoms with van der Waals surface area (Å²) in [6, 6.07) is 2.97. The monoisotopic (exact) mass is 222 g/mol. The molecule has 1 aromatic rings. The van der Waals surface area contributed by atoms with Gasteiger partial charge in [-0.1, -0.05) is 11.6 Å². The van der Waals surface area contributed by atoms with Crippen molar-refractivity contribution in [3.63, 3.8) is 0 Å². The third-order valence-corrected chi connectivity index (χ3v) is 1.66. The minimum absolute atomic E-state index is 0.0814. The van der Waals surface area contributed by atoms with E-state index in [-0.39, 0.29) is 5.69 Å². The van der Waals surface area contributed by atoms with Crippen molar-refractivity contribution >= 4 is 22.5 Å². The van der Waals surface area contributed by atoms with E-state index in [0.29, 0.717) is 5.69 Å². The van der Waals surface area contributed by atoms with Gasteiger partial charge in [-0.25, -0.2) is 4.99 Å². The van der Waals surface area contributed by atoms with Gasteiger partial charge >= 0.3 is 6.18 Å². The lowest BCUT2D eigenvalue weighted by atomic mass is 10.3. The Hall–Kier alpha value is -1.10. The van der Waals surface area contributed by atoms with Gasteiger partial charge in [0.25, 0.3) is 0 Å². The van der Waals surface area contributed by atoms with Crippen LogP contribution < -0.4 is 0 Å². The average molecular weight is 223 g/mol. The molecule has 0 aliphatic rings. The van der Waals surface area contributed by atoms with Gasteiger partial charge in [0.2, 0.25) is 5.17 Å². The Balaban J connectivity index is 2.93. The summed E-state index contributed by atoms with van der Waals surface area (Å²) in [5, 5.41) is -1.40. The number of aromatic nitrogens is 1. The Morgan fingerprint density at radius 3 is 2.50 bits per heavy atom. The van der Waals surface area contributed by atoms with Gasteiger partial charge in [-0.15, -0.1) is 0 Å². The highest BCUT2D eigenvalue weighted by molar-refractivity contribution is 6.67. The molecule has 0 amide bonds. The summed E-state index contributed by atoms with van der Waals surface area (Å²) in [7, 11) is 0. The SMILES string of the molecule is Cc1ccc(N=C(Cl)C(F)(F)F)cn1. The Bertz CT molecular complexity index is 343. The van der Waals surface area contributed by atoms with Crippen LogP contribution in [0, 0.1) is 6.92 Å². The molecule has 0 aliphatic carbocycles. The van der Waals surface area contributed by atoms with Crippen LogP contribution in [-0.4, -0.2) is 16.3 Å². The van der Waals surface area contributed by atoms with Gasteiger partial charge in [-0.2, -0.15) is 13.2 Å². The molecule has 14 heavy (non-hydrogen) atoms. The van der Waals surface area contributed by atoms with Gasteiger partial charge in [0, 0.05) is 5.69 Å². The van der Waals surface area contributed by atoms with Crippen LogP contribution in [0.15, 0.2) is 23.3 Å². The number of nitrogens with zero attached hydrogens (tertiary/aromatic N) is 2. The molecule has 76 valence electrons. The molecule has 0 saturated heterocycles. The Labute approximate surface area is 83.4 Å². The second-order valence-electron chi connectivity index (χ2n) is 2.56. The smallest absolute Gasteiger partial charge is 0.259 e. The van der Waals surface area contributed by atoms with Crippen LogP contribution >= 0.6 is 11.6 Å². The first-order valence-corrected chi connectivity index (χ1v) is 4.01. The molecule has 1 heterocycles. The Kier molecular flexibility index (Phi) is 3.10. The number of aliphatic imine (C=N–C) groups is 1. The molecular formula is C8H6ClF3N2. The lowest BCUT2D eigenvalue weighted by Gasteiger charge is -2.02. The van der Waals surface area contributed by atoms with Crippen LogP contribution in [0.2, 0.25) is 0 Å². The van der Waals surface area contributed by atoms with Gasteiger partial charge in [-0.05, 0) is 19.1 Å². The van der Waals surface area contributed by atoms with Crippen molar-refractivity contribution in [2.45, 2.75) is 13.1 Å². The lowest BCUT2D eigenvalue weighted by molar-refractivity contribution is -0.0558. The van der Waals surface area contributed by atoms with E-state index in [1.54, 1.807) is 13.0 Å². The van der Waals surface area contributed by atoms with E-state index in [2.05, 4.69) is 9.98 Å². The summed E-state index contributed by atoms with van der Waals surface area (Å²) in [4.78, 5) is 6.95. The second-order valence-corrected chi connectivity index (χ2v) is 2.92. The summed E-state index contributed by atoms with van der Waals surface area (Å²) >= 11 is 4.93. The number of hydrogen-bond donors (Lipinski definition) is 0. The fourth-order valence-electron chi connectivity index (χ4n) is 0.703. The molecular weight excluding hydrogens is 217 g/mol. The molecule has 0 aromatic carbocycles. The molecule has 0 radical (unpaired) electrons. The fraction of sp³-hybridized carbons (Fsp3) is 0.250. The van der Waals surface area contributed by atoms with E-state index >= 15 is 0 Å². The van der Waals surface area contributed by atoms with Gasteiger partial charge < -0.3 is 0 Å². The summed E-state index contributed by atoms with van der Waals surface area (Å²) in [6.45, 7) is 1.72. The van der Waals surface area contributed by atoms with Gasteiger partial charge in [-0.3, -0.25) is 4.98 Å². The van der Waals surface area contributed by atoms with E-state index in [9.17, 15) is 13.2 Å². The standard InChI is InChI=1S/C8H6ClF3N2/c1-5-2-3-6(4-13-5)14-7(9)8(10,11)12/h2-4H,1H3. The third-order valence-electron chi connectivity index (χ3n) is 1.36. The first-order chi connectivity index (χ1) is 6.39. The third kappa shape index (κ3) is 2.99. The van der Waals surface area contributed by atoms with Crippen LogP contribution in [0.3, 0.4) is 0 Å². The highest BCUT2D eigenvalue weighted by Crippen LogP contribution is 2.23. The molecule has 0 fully saturated rings. The highest BCUT2D eigenvalue weighted by Gasteiger charge is 2.34. The van der Waals surface area contributed by atoms with Crippen LogP contribution in [0.1, 0.15) is 5.69 Å². The van der Waals surface area contributed by atoms with Crippen LogP contribution in [0.5, 0.6) is 0 Å². The van der Waals surface area contributed by atoms with Crippen LogP contribution in [0.25, 0.3) is 0 Å². The average Bonchev–Trinajstić information content (AvgIpc) is 2.07. The maximum Gasteiger partial charge on any atom is 0.444 e. The number of rotatable bonds is 1. The van der Waals surface area contributed by atoms with Gasteiger partial charge in [0.1, 0.15) is 0 Å². The maximum absolute atomic E-state index is 11.9. The van der Waals surface area contributed by atoms with Crippen LogP contribution in [0.4, 0.5) is 18.9 Å². The quantitative estimate of drug-likeness (QED) is 0.670. The zero-order chi connectivity index (χ0) is 10.8. The molecule has 0 saturated carbocycles. The van der Waals surface area contributed by atoms with Crippen molar-refractivity contribution in [3.05, 3.63) is 24.0 Å². The molecule has 0 atom stereocenters. The molecule has 1 rings (SSSR count). The van der Waals surface area contributed by atoms with Crippen molar-refractivity contribution in [1.29, 1.82) is 0 Å². The van der Waals surface area contributed by atoms with E-state index in [0.717, 1.165) is 0 Å². The minimum atomic E-state index is -4.60. The fourth-order valence-corrected chi connectivity index (χ4v) is 0.800. The number of pyridine rings is 1. The van der Waals surface area contributed by atoms with E-state index in [1.807, 2.05) is 0 Å². The first kappa shape index (κ1) is 11.0. The van der Waals surface area contributed by atoms with Crippen molar-refractivity contribution in [2.24, 2.45) is 4.99 Å². The molecule has 2 nitrogen and oxygen atoms in total. The second kappa shape index (κ2) is 3.96. The topological polar surface area (TPSA) is 25.2 Å². The molecule has 0 bridgehead atoms. The Morgan fingerprint density at radius 1 is 1.43 bits per heavy atom. The Morgan fingerprint density at radius 2 is 2.07 bits per heavy atom. The highest BCUT2D eigenvalue weighted by atomic mass is 35.5. The molecule has 1 aromatic heterocycles. The van der Waals surface area contributed by atoms with E-state index < -0.39 is 11.3 Å². The van der Waals surface area contributed by atoms with Crippen molar-refractivity contribution in [3.8, 4) is 0 Å². The van der Waals surface area contributed by atoms with E-state index in [4.69, 9.17) is 11.6 Å². The van der Waals surface area contributed by atoms with Crippen molar-refractivity contribution < 1.29 is 13.2 Å². The largest absolute Gasteiger partial charge is 0.444 e. The predicted molar refractivity (Wildman–Crippen MR) is 48.0 cm³/mol. The predicted octanol–water partition coefficient (Wildman–Crippen LogP) is 3.22. The van der Waals surface area contributed by atoms with Crippen LogP contribution in [-0.2, 0) is 0 Å². The van der Waals surface area contributed by atoms with Gasteiger partial charge in [0.15, 0.2) is 0 Å². The zero-order valence-corrected chi connectivity index (χ0v) is 7.89. The van der Waals surface area contributed by atoms with Crippen molar-refractivity contribution in [2.75, 3.05) is 0 Å². The molecule has 0 N–H and O–H groups in total. The van der Waals surface area contributed by atoms with Crippen molar-refractivity contribution in [1.82, 2.24) is 4.98 Å². The maximum atomic E-state index is 11.9. The lowest BCUT2D eigenvalue weighted by Crippen LogP contribution is -2.16. The summed E-state index contributed by atoms with van der Waals surface area (Å²) < 4.78 is 35.8. The van der Waals surface area contributed by atoms with E-state index in [1.165, 1.54) is 12.3 Å². The number of aryl methyl sites for hydroxylation is 1. The molecule has 0 aliphatic heterocycles. The molecule has 0 unspecified atom stereocenters. The first-order valence-electron chi connectivity index (χ1n) is 3.63.